The van der Waals surface area contributed by atoms with E-state index in [0.717, 1.165) is 33.3 Å². The molecule has 5 aromatic rings. The van der Waals surface area contributed by atoms with Gasteiger partial charge in [-0.1, -0.05) is 30.3 Å². The molecule has 6 rings (SSSR count). The van der Waals surface area contributed by atoms with Crippen LogP contribution < -0.4 is 5.56 Å². The van der Waals surface area contributed by atoms with E-state index in [1.807, 2.05) is 29.1 Å². The van der Waals surface area contributed by atoms with Crippen LogP contribution in [0.3, 0.4) is 0 Å². The van der Waals surface area contributed by atoms with Crippen LogP contribution in [-0.4, -0.2) is 50.1 Å². The van der Waals surface area contributed by atoms with Gasteiger partial charge in [-0.15, -0.1) is 0 Å². The van der Waals surface area contributed by atoms with Crippen molar-refractivity contribution in [3.05, 3.63) is 112 Å². The predicted molar refractivity (Wildman–Crippen MR) is 153 cm³/mol. The number of hydrogen-bond donors (Lipinski definition) is 0. The second-order valence-corrected chi connectivity index (χ2v) is 12.6. The maximum Gasteiger partial charge on any atom is 0.250 e. The molecule has 0 bridgehead atoms. The van der Waals surface area contributed by atoms with Gasteiger partial charge < -0.3 is 4.57 Å². The van der Waals surface area contributed by atoms with Crippen LogP contribution in [0.5, 0.6) is 0 Å². The molecule has 1 atom stereocenters. The molecule has 1 aliphatic heterocycles. The summed E-state index contributed by atoms with van der Waals surface area (Å²) in [6.45, 7) is 4.55. The quantitative estimate of drug-likeness (QED) is 0.317. The Balaban J connectivity index is 1.44. The number of hydrogen-bond acceptors (Lipinski definition) is 6. The van der Waals surface area contributed by atoms with Gasteiger partial charge in [-0.05, 0) is 61.6 Å². The summed E-state index contributed by atoms with van der Waals surface area (Å²) in [6, 6.07) is 17.8. The van der Waals surface area contributed by atoms with Crippen molar-refractivity contribution in [1.29, 1.82) is 0 Å². The lowest BCUT2D eigenvalue weighted by Crippen LogP contribution is -2.36. The van der Waals surface area contributed by atoms with E-state index in [1.54, 1.807) is 30.5 Å². The zero-order chi connectivity index (χ0) is 28.1. The summed E-state index contributed by atoms with van der Waals surface area (Å²) >= 11 is 0. The van der Waals surface area contributed by atoms with Crippen LogP contribution in [0.1, 0.15) is 28.9 Å². The molecule has 3 aromatic heterocycles. The van der Waals surface area contributed by atoms with Gasteiger partial charge in [-0.3, -0.25) is 4.79 Å². The molecule has 1 saturated heterocycles. The number of rotatable bonds is 6. The van der Waals surface area contributed by atoms with Crippen LogP contribution in [0.25, 0.3) is 16.6 Å². The topological polar surface area (TPSA) is 103 Å². The highest BCUT2D eigenvalue weighted by molar-refractivity contribution is 7.89. The molecule has 1 fully saturated rings. The van der Waals surface area contributed by atoms with Crippen molar-refractivity contribution < 1.29 is 8.42 Å². The third kappa shape index (κ3) is 4.52. The van der Waals surface area contributed by atoms with Crippen molar-refractivity contribution >= 4 is 20.9 Å². The molecule has 0 aliphatic carbocycles. The van der Waals surface area contributed by atoms with E-state index in [1.165, 1.54) is 23.0 Å². The van der Waals surface area contributed by atoms with Crippen molar-refractivity contribution in [2.45, 2.75) is 37.0 Å². The van der Waals surface area contributed by atoms with Gasteiger partial charge in [0.05, 0.1) is 29.8 Å². The van der Waals surface area contributed by atoms with E-state index < -0.39 is 15.4 Å². The molecule has 0 N–H and O–H groups in total. The molecular weight excluding hydrogens is 524 g/mol. The maximum absolute atomic E-state index is 13.6. The van der Waals surface area contributed by atoms with Crippen LogP contribution >= 0.6 is 0 Å². The van der Waals surface area contributed by atoms with Crippen molar-refractivity contribution in [3.8, 4) is 5.69 Å². The Hall–Kier alpha value is -4.15. The molecule has 204 valence electrons. The Morgan fingerprint density at radius 2 is 1.73 bits per heavy atom. The molecule has 1 aliphatic rings. The Kier molecular flexibility index (Phi) is 6.39. The normalized spacial score (nSPS) is 18.0. The van der Waals surface area contributed by atoms with E-state index in [-0.39, 0.29) is 10.5 Å². The number of sulfonamides is 1. The third-order valence-electron chi connectivity index (χ3n) is 7.90. The molecule has 9 nitrogen and oxygen atoms in total. The van der Waals surface area contributed by atoms with Crippen molar-refractivity contribution in [2.75, 3.05) is 13.1 Å². The van der Waals surface area contributed by atoms with Gasteiger partial charge in [0.25, 0.3) is 0 Å². The Bertz CT molecular complexity index is 1880. The summed E-state index contributed by atoms with van der Waals surface area (Å²) in [5, 5.41) is 5.59. The minimum Gasteiger partial charge on any atom is -0.316 e. The number of fused-ring (bicyclic) bond motifs is 1. The summed E-state index contributed by atoms with van der Waals surface area (Å²) in [5.41, 5.74) is 4.53. The standard InChI is InChI=1S/C30H30N6O3S/c1-21-13-28-24(16-33-36(28)25-9-10-29(37)34(3)19-25)14-27(21)30(15-23-7-5-4-6-8-23)11-12-35(20-30)40(38,39)26-17-31-22(2)32-18-26/h4-10,13-14,16-19H,11-12,15,20H2,1-3H3. The lowest BCUT2D eigenvalue weighted by atomic mass is 9.73. The molecular formula is C30H30N6O3S. The minimum absolute atomic E-state index is 0.0838. The highest BCUT2D eigenvalue weighted by Gasteiger charge is 2.45. The van der Waals surface area contributed by atoms with Crippen LogP contribution in [0.4, 0.5) is 0 Å². The largest absolute Gasteiger partial charge is 0.316 e. The Labute approximate surface area is 232 Å². The Morgan fingerprint density at radius 3 is 2.45 bits per heavy atom. The summed E-state index contributed by atoms with van der Waals surface area (Å²) in [7, 11) is -2.04. The minimum atomic E-state index is -3.76. The van der Waals surface area contributed by atoms with E-state index in [0.29, 0.717) is 31.8 Å². The summed E-state index contributed by atoms with van der Waals surface area (Å²) < 4.78 is 32.2. The lowest BCUT2D eigenvalue weighted by molar-refractivity contribution is 0.413. The first kappa shape index (κ1) is 26.1. The molecule has 1 unspecified atom stereocenters. The molecule has 0 saturated carbocycles. The molecule has 0 spiro atoms. The van der Waals surface area contributed by atoms with Crippen molar-refractivity contribution in [2.24, 2.45) is 7.05 Å². The number of aromatic nitrogens is 5. The highest BCUT2D eigenvalue weighted by atomic mass is 32.2. The first-order valence-corrected chi connectivity index (χ1v) is 14.6. The number of nitrogens with zero attached hydrogens (tertiary/aromatic N) is 6. The van der Waals surface area contributed by atoms with Crippen LogP contribution in [0.15, 0.2) is 89.1 Å². The van der Waals surface area contributed by atoms with Crippen LogP contribution in [0, 0.1) is 13.8 Å². The number of benzene rings is 2. The van der Waals surface area contributed by atoms with E-state index in [9.17, 15) is 13.2 Å². The molecule has 10 heteroatoms. The van der Waals surface area contributed by atoms with Gasteiger partial charge in [0.15, 0.2) is 0 Å². The fraction of sp³-hybridized carbons (Fsp3) is 0.267. The smallest absolute Gasteiger partial charge is 0.250 e. The third-order valence-corrected chi connectivity index (χ3v) is 9.70. The summed E-state index contributed by atoms with van der Waals surface area (Å²) in [5.74, 6) is 0.529. The summed E-state index contributed by atoms with van der Waals surface area (Å²) in [6.07, 6.45) is 7.75. The first-order valence-electron chi connectivity index (χ1n) is 13.1. The van der Waals surface area contributed by atoms with Gasteiger partial charge in [0.1, 0.15) is 10.7 Å². The van der Waals surface area contributed by atoms with Crippen LogP contribution in [-0.2, 0) is 28.9 Å². The van der Waals surface area contributed by atoms with E-state index in [4.69, 9.17) is 0 Å². The molecule has 4 heterocycles. The average Bonchev–Trinajstić information content (AvgIpc) is 3.56. The second kappa shape index (κ2) is 9.79. The van der Waals surface area contributed by atoms with Gasteiger partial charge in [-0.25, -0.2) is 23.1 Å². The molecule has 2 aromatic carbocycles. The van der Waals surface area contributed by atoms with Gasteiger partial charge >= 0.3 is 0 Å². The number of pyridine rings is 1. The van der Waals surface area contributed by atoms with Crippen LogP contribution in [0.2, 0.25) is 0 Å². The Morgan fingerprint density at radius 1 is 0.975 bits per heavy atom. The van der Waals surface area contributed by atoms with Crippen molar-refractivity contribution in [1.82, 2.24) is 28.6 Å². The monoisotopic (exact) mass is 554 g/mol. The number of aryl methyl sites for hydroxylation is 3. The van der Waals surface area contributed by atoms with Gasteiger partial charge in [0.2, 0.25) is 15.6 Å². The SMILES string of the molecule is Cc1ncc(S(=O)(=O)N2CCC(Cc3ccccc3)(c3cc4cnn(-c5ccc(=O)n(C)c5)c4cc3C)C2)cn1. The first-order chi connectivity index (χ1) is 19.2. The van der Waals surface area contributed by atoms with Gasteiger partial charge in [0, 0.05) is 43.2 Å². The lowest BCUT2D eigenvalue weighted by Gasteiger charge is -2.32. The van der Waals surface area contributed by atoms with Gasteiger partial charge in [-0.2, -0.15) is 9.40 Å². The predicted octanol–water partition coefficient (Wildman–Crippen LogP) is 3.71. The summed E-state index contributed by atoms with van der Waals surface area (Å²) in [4.78, 5) is 20.3. The molecule has 40 heavy (non-hydrogen) atoms. The molecule has 0 amide bonds. The average molecular weight is 555 g/mol. The van der Waals surface area contributed by atoms with E-state index in [2.05, 4.69) is 46.3 Å². The maximum atomic E-state index is 13.6. The molecule has 0 radical (unpaired) electrons. The fourth-order valence-corrected chi connectivity index (χ4v) is 7.23. The van der Waals surface area contributed by atoms with E-state index >= 15 is 0 Å². The fourth-order valence-electron chi connectivity index (χ4n) is 5.81. The zero-order valence-electron chi connectivity index (χ0n) is 22.7. The van der Waals surface area contributed by atoms with Crippen molar-refractivity contribution in [3.63, 3.8) is 0 Å². The second-order valence-electron chi connectivity index (χ2n) is 10.6. The zero-order valence-corrected chi connectivity index (χ0v) is 23.5. The highest BCUT2D eigenvalue weighted by Crippen LogP contribution is 2.42.